The van der Waals surface area contributed by atoms with E-state index >= 15 is 0 Å². The van der Waals surface area contributed by atoms with E-state index in [1.54, 1.807) is 18.2 Å². The van der Waals surface area contributed by atoms with Gasteiger partial charge in [0, 0.05) is 22.8 Å². The first kappa shape index (κ1) is 17.6. The molecule has 0 aliphatic heterocycles. The lowest BCUT2D eigenvalue weighted by Gasteiger charge is -2.10. The third-order valence-corrected chi connectivity index (χ3v) is 4.33. The molecule has 0 fully saturated rings. The zero-order valence-corrected chi connectivity index (χ0v) is 15.2. The average molecular weight is 376 g/mol. The van der Waals surface area contributed by atoms with Crippen molar-refractivity contribution in [3.05, 3.63) is 66.1 Å². The van der Waals surface area contributed by atoms with Crippen LogP contribution in [0.1, 0.15) is 11.3 Å². The predicted octanol–water partition coefficient (Wildman–Crippen LogP) is 4.42. The van der Waals surface area contributed by atoms with Crippen molar-refractivity contribution in [3.8, 4) is 11.3 Å². The molecular formula is C20H17FN6O. The summed E-state index contributed by atoms with van der Waals surface area (Å²) in [6.07, 6.45) is 4.80. The summed E-state index contributed by atoms with van der Waals surface area (Å²) in [5.41, 5.74) is 4.31. The first-order valence-corrected chi connectivity index (χ1v) is 8.60. The number of benzene rings is 1. The Hall–Kier alpha value is -3.81. The molecule has 3 heterocycles. The summed E-state index contributed by atoms with van der Waals surface area (Å²) in [6.45, 7) is 3.78. The Labute approximate surface area is 160 Å². The molecule has 0 spiro atoms. The van der Waals surface area contributed by atoms with Gasteiger partial charge in [-0.2, -0.15) is 0 Å². The number of nitrogens with one attached hydrogen (secondary N) is 3. The highest BCUT2D eigenvalue weighted by molar-refractivity contribution is 6.00. The number of hydrogen-bond acceptors (Lipinski definition) is 4. The molecule has 140 valence electrons. The van der Waals surface area contributed by atoms with Gasteiger partial charge >= 0.3 is 6.03 Å². The maximum atomic E-state index is 14.6. The zero-order chi connectivity index (χ0) is 19.7. The second kappa shape index (κ2) is 7.07. The van der Waals surface area contributed by atoms with Crippen molar-refractivity contribution in [2.75, 3.05) is 10.6 Å². The minimum atomic E-state index is -0.561. The number of anilines is 2. The highest BCUT2D eigenvalue weighted by atomic mass is 19.1. The van der Waals surface area contributed by atoms with E-state index < -0.39 is 11.8 Å². The van der Waals surface area contributed by atoms with Crippen LogP contribution in [0.25, 0.3) is 22.3 Å². The summed E-state index contributed by atoms with van der Waals surface area (Å²) in [5.74, 6) is -0.561. The lowest BCUT2D eigenvalue weighted by molar-refractivity contribution is 0.262. The van der Waals surface area contributed by atoms with Gasteiger partial charge in [-0.1, -0.05) is 6.07 Å². The number of H-pyrrole nitrogens is 1. The number of fused-ring (bicyclic) bond motifs is 1. The van der Waals surface area contributed by atoms with Crippen molar-refractivity contribution in [1.82, 2.24) is 19.9 Å². The van der Waals surface area contributed by atoms with Gasteiger partial charge < -0.3 is 15.6 Å². The first-order valence-electron chi connectivity index (χ1n) is 8.60. The number of rotatable bonds is 3. The fraction of sp³-hybridized carbons (Fsp3) is 0.100. The predicted molar refractivity (Wildman–Crippen MR) is 106 cm³/mol. The van der Waals surface area contributed by atoms with Gasteiger partial charge in [-0.25, -0.2) is 19.2 Å². The van der Waals surface area contributed by atoms with Crippen LogP contribution in [0.5, 0.6) is 0 Å². The second-order valence-corrected chi connectivity index (χ2v) is 6.38. The summed E-state index contributed by atoms with van der Waals surface area (Å²) < 4.78 is 14.6. The molecule has 4 aromatic rings. The highest BCUT2D eigenvalue weighted by Gasteiger charge is 2.13. The van der Waals surface area contributed by atoms with E-state index in [1.807, 2.05) is 20.0 Å². The molecule has 28 heavy (non-hydrogen) atoms. The van der Waals surface area contributed by atoms with E-state index in [-0.39, 0.29) is 5.69 Å². The number of aromatic amines is 1. The van der Waals surface area contributed by atoms with Gasteiger partial charge in [0.2, 0.25) is 0 Å². The number of halogens is 1. The number of hydrogen-bond donors (Lipinski definition) is 3. The maximum absolute atomic E-state index is 14.6. The van der Waals surface area contributed by atoms with E-state index in [1.165, 1.54) is 24.7 Å². The fourth-order valence-electron chi connectivity index (χ4n) is 2.93. The first-order chi connectivity index (χ1) is 13.5. The molecule has 0 saturated carbocycles. The van der Waals surface area contributed by atoms with E-state index in [0.717, 1.165) is 16.6 Å². The molecule has 7 nitrogen and oxygen atoms in total. The van der Waals surface area contributed by atoms with Gasteiger partial charge in [-0.05, 0) is 43.7 Å². The molecule has 0 radical (unpaired) electrons. The van der Waals surface area contributed by atoms with Crippen LogP contribution in [-0.4, -0.2) is 26.0 Å². The highest BCUT2D eigenvalue weighted by Crippen LogP contribution is 2.29. The maximum Gasteiger partial charge on any atom is 0.323 e. The summed E-state index contributed by atoms with van der Waals surface area (Å²) in [5, 5.41) is 5.96. The molecule has 0 aliphatic carbocycles. The molecule has 0 atom stereocenters. The van der Waals surface area contributed by atoms with Crippen LogP contribution >= 0.6 is 0 Å². The number of aromatic nitrogens is 4. The van der Waals surface area contributed by atoms with Crippen molar-refractivity contribution >= 4 is 28.4 Å². The average Bonchev–Trinajstić information content (AvgIpc) is 3.06. The number of pyridine rings is 1. The number of amides is 2. The van der Waals surface area contributed by atoms with Crippen LogP contribution in [0.3, 0.4) is 0 Å². The molecule has 0 saturated heterocycles. The Bertz CT molecular complexity index is 1170. The Morgan fingerprint density at radius 1 is 1.07 bits per heavy atom. The molecule has 2 amide bonds. The lowest BCUT2D eigenvalue weighted by Crippen LogP contribution is -2.20. The second-order valence-electron chi connectivity index (χ2n) is 6.38. The van der Waals surface area contributed by atoms with Crippen LogP contribution in [-0.2, 0) is 0 Å². The topological polar surface area (TPSA) is 95.6 Å². The molecule has 0 unspecified atom stereocenters. The van der Waals surface area contributed by atoms with Crippen molar-refractivity contribution in [3.63, 3.8) is 0 Å². The summed E-state index contributed by atoms with van der Waals surface area (Å²) in [6, 6.07) is 7.51. The Kier molecular flexibility index (Phi) is 4.44. The molecule has 8 heteroatoms. The normalized spacial score (nSPS) is 10.8. The number of nitrogens with zero attached hydrogens (tertiary/aromatic N) is 3. The lowest BCUT2D eigenvalue weighted by atomic mass is 10.1. The van der Waals surface area contributed by atoms with Crippen molar-refractivity contribution in [1.29, 1.82) is 0 Å². The zero-order valence-electron chi connectivity index (χ0n) is 15.2. The molecule has 0 aliphatic rings. The number of urea groups is 1. The van der Waals surface area contributed by atoms with E-state index in [9.17, 15) is 9.18 Å². The van der Waals surface area contributed by atoms with Gasteiger partial charge in [-0.3, -0.25) is 4.98 Å². The smallest absolute Gasteiger partial charge is 0.323 e. The Morgan fingerprint density at radius 2 is 1.93 bits per heavy atom. The third kappa shape index (κ3) is 3.39. The van der Waals surface area contributed by atoms with Crippen LogP contribution in [0.15, 0.2) is 49.1 Å². The van der Waals surface area contributed by atoms with Crippen LogP contribution in [0.2, 0.25) is 0 Å². The SMILES string of the molecule is Cc1ccc(NC(=O)Nc2ccc(-c3ncnc4[nH]cc(C)c34)cc2F)cn1. The summed E-state index contributed by atoms with van der Waals surface area (Å²) in [7, 11) is 0. The fourth-order valence-corrected chi connectivity index (χ4v) is 2.93. The van der Waals surface area contributed by atoms with E-state index in [0.29, 0.717) is 22.6 Å². The van der Waals surface area contributed by atoms with Crippen molar-refractivity contribution in [2.24, 2.45) is 0 Å². The number of aryl methyl sites for hydroxylation is 2. The minimum absolute atomic E-state index is 0.0670. The minimum Gasteiger partial charge on any atom is -0.346 e. The van der Waals surface area contributed by atoms with Gasteiger partial charge in [0.05, 0.1) is 23.3 Å². The van der Waals surface area contributed by atoms with Crippen molar-refractivity contribution in [2.45, 2.75) is 13.8 Å². The molecule has 3 N–H and O–H groups in total. The molecule has 3 aromatic heterocycles. The van der Waals surface area contributed by atoms with Gasteiger partial charge in [0.15, 0.2) is 0 Å². The van der Waals surface area contributed by atoms with Gasteiger partial charge in [0.1, 0.15) is 17.8 Å². The Morgan fingerprint density at radius 3 is 2.68 bits per heavy atom. The van der Waals surface area contributed by atoms with Gasteiger partial charge in [0.25, 0.3) is 0 Å². The number of carbonyl (C=O) groups excluding carboxylic acids is 1. The number of carbonyl (C=O) groups is 1. The molecule has 4 rings (SSSR count). The van der Waals surface area contributed by atoms with Crippen molar-refractivity contribution < 1.29 is 9.18 Å². The van der Waals surface area contributed by atoms with Gasteiger partial charge in [-0.15, -0.1) is 0 Å². The summed E-state index contributed by atoms with van der Waals surface area (Å²) >= 11 is 0. The Balaban J connectivity index is 1.57. The van der Waals surface area contributed by atoms with E-state index in [4.69, 9.17) is 0 Å². The third-order valence-electron chi connectivity index (χ3n) is 4.33. The van der Waals surface area contributed by atoms with E-state index in [2.05, 4.69) is 30.6 Å². The van der Waals surface area contributed by atoms with Crippen LogP contribution < -0.4 is 10.6 Å². The quantitative estimate of drug-likeness (QED) is 0.493. The molecular weight excluding hydrogens is 359 g/mol. The molecule has 0 bridgehead atoms. The van der Waals surface area contributed by atoms with Crippen LogP contribution in [0.4, 0.5) is 20.6 Å². The monoisotopic (exact) mass is 376 g/mol. The van der Waals surface area contributed by atoms with Crippen LogP contribution in [0, 0.1) is 19.7 Å². The standard InChI is InChI=1S/C20H17FN6O/c1-11-8-23-19-17(11)18(24-10-25-19)13-4-6-16(15(21)7-13)27-20(28)26-14-5-3-12(2)22-9-14/h3-10H,1-2H3,(H,23,24,25)(H2,26,27,28). The molecule has 1 aromatic carbocycles. The summed E-state index contributed by atoms with van der Waals surface area (Å²) in [4.78, 5) is 27.8. The largest absolute Gasteiger partial charge is 0.346 e.